The molecule has 0 aliphatic carbocycles. The maximum Gasteiger partial charge on any atom is 0.238 e. The van der Waals surface area contributed by atoms with E-state index in [4.69, 9.17) is 0 Å². The maximum absolute atomic E-state index is 12.6. The van der Waals surface area contributed by atoms with Crippen LogP contribution in [-0.4, -0.2) is 60.1 Å². The summed E-state index contributed by atoms with van der Waals surface area (Å²) in [6, 6.07) is 8.12. The molecule has 0 radical (unpaired) electrons. The van der Waals surface area contributed by atoms with E-state index in [1.807, 2.05) is 29.2 Å². The highest BCUT2D eigenvalue weighted by atomic mass is 32.2. The molecule has 1 aromatic rings. The summed E-state index contributed by atoms with van der Waals surface area (Å²) >= 11 is 1.49. The van der Waals surface area contributed by atoms with E-state index in [2.05, 4.69) is 31.2 Å². The van der Waals surface area contributed by atoms with Gasteiger partial charge in [-0.2, -0.15) is 0 Å². The highest BCUT2D eigenvalue weighted by Crippen LogP contribution is 2.37. The van der Waals surface area contributed by atoms with E-state index in [-0.39, 0.29) is 23.5 Å². The number of benzene rings is 1. The molecule has 1 N–H and O–H groups in total. The molecule has 0 spiro atoms. The van der Waals surface area contributed by atoms with E-state index >= 15 is 0 Å². The van der Waals surface area contributed by atoms with Gasteiger partial charge in [0.15, 0.2) is 0 Å². The van der Waals surface area contributed by atoms with E-state index in [1.54, 1.807) is 0 Å². The number of amides is 2. The van der Waals surface area contributed by atoms with Gasteiger partial charge in [-0.15, -0.1) is 11.8 Å². The fraction of sp³-hybridized carbons (Fsp3) is 0.529. The number of hydrogen-bond acceptors (Lipinski definition) is 4. The molecule has 2 amide bonds. The molecule has 0 unspecified atom stereocenters. The molecular formula is C17H23N3O2S. The molecule has 3 atom stereocenters. The SMILES string of the molecule is C[C@@H]1CN(C(=O)C[C@H]2Sc3ccccc3NC2=O)C[C@H]1N(C)C. The minimum absolute atomic E-state index is 0.0709. The minimum Gasteiger partial charge on any atom is -0.341 e. The van der Waals surface area contributed by atoms with Crippen LogP contribution in [0.2, 0.25) is 0 Å². The zero-order chi connectivity index (χ0) is 16.6. The van der Waals surface area contributed by atoms with E-state index in [0.29, 0.717) is 12.0 Å². The maximum atomic E-state index is 12.6. The monoisotopic (exact) mass is 333 g/mol. The van der Waals surface area contributed by atoms with Gasteiger partial charge < -0.3 is 15.1 Å². The Hall–Kier alpha value is -1.53. The molecule has 2 aliphatic heterocycles. The average Bonchev–Trinajstić information content (AvgIpc) is 2.90. The lowest BCUT2D eigenvalue weighted by molar-refractivity contribution is -0.131. The molecule has 2 aliphatic rings. The molecule has 1 saturated heterocycles. The van der Waals surface area contributed by atoms with E-state index in [0.717, 1.165) is 23.7 Å². The summed E-state index contributed by atoms with van der Waals surface area (Å²) in [5.41, 5.74) is 0.841. The van der Waals surface area contributed by atoms with Gasteiger partial charge >= 0.3 is 0 Å². The lowest BCUT2D eigenvalue weighted by atomic mass is 10.1. The van der Waals surface area contributed by atoms with E-state index < -0.39 is 0 Å². The molecular weight excluding hydrogens is 310 g/mol. The first-order valence-corrected chi connectivity index (χ1v) is 8.84. The topological polar surface area (TPSA) is 52.7 Å². The Labute approximate surface area is 141 Å². The second-order valence-electron chi connectivity index (χ2n) is 6.60. The lowest BCUT2D eigenvalue weighted by Gasteiger charge is -2.26. The van der Waals surface area contributed by atoms with Crippen molar-refractivity contribution in [3.8, 4) is 0 Å². The summed E-state index contributed by atoms with van der Waals surface area (Å²) in [6.45, 7) is 3.70. The third-order valence-electron chi connectivity index (χ3n) is 4.66. The molecule has 1 fully saturated rings. The number of para-hydroxylation sites is 1. The molecule has 23 heavy (non-hydrogen) atoms. The summed E-state index contributed by atoms with van der Waals surface area (Å²) < 4.78 is 0. The molecule has 0 saturated carbocycles. The highest BCUT2D eigenvalue weighted by Gasteiger charge is 2.36. The van der Waals surface area contributed by atoms with Crippen molar-refractivity contribution >= 4 is 29.3 Å². The van der Waals surface area contributed by atoms with Crippen LogP contribution in [0.3, 0.4) is 0 Å². The average molecular weight is 333 g/mol. The van der Waals surface area contributed by atoms with Crippen LogP contribution in [0.5, 0.6) is 0 Å². The highest BCUT2D eigenvalue weighted by molar-refractivity contribution is 8.01. The van der Waals surface area contributed by atoms with Crippen LogP contribution >= 0.6 is 11.8 Å². The Morgan fingerprint density at radius 3 is 2.78 bits per heavy atom. The standard InChI is InChI=1S/C17H23N3O2S/c1-11-9-20(10-13(11)19(2)3)16(21)8-15-17(22)18-12-6-4-5-7-14(12)23-15/h4-7,11,13,15H,8-10H2,1-3H3,(H,18,22)/t11-,13-,15-/m1/s1. The summed E-state index contributed by atoms with van der Waals surface area (Å²) in [5.74, 6) is 0.467. The molecule has 2 heterocycles. The van der Waals surface area contributed by atoms with Crippen LogP contribution < -0.4 is 5.32 Å². The van der Waals surface area contributed by atoms with Crippen LogP contribution in [0.25, 0.3) is 0 Å². The van der Waals surface area contributed by atoms with Crippen molar-refractivity contribution in [2.24, 2.45) is 5.92 Å². The number of nitrogens with one attached hydrogen (secondary N) is 1. The van der Waals surface area contributed by atoms with Gasteiger partial charge in [0, 0.05) is 30.4 Å². The number of rotatable bonds is 3. The zero-order valence-electron chi connectivity index (χ0n) is 13.8. The van der Waals surface area contributed by atoms with Crippen molar-refractivity contribution in [2.75, 3.05) is 32.5 Å². The van der Waals surface area contributed by atoms with Gasteiger partial charge in [-0.25, -0.2) is 0 Å². The number of fused-ring (bicyclic) bond motifs is 1. The number of hydrogen-bond donors (Lipinski definition) is 1. The number of anilines is 1. The van der Waals surface area contributed by atoms with Crippen molar-refractivity contribution in [1.29, 1.82) is 0 Å². The van der Waals surface area contributed by atoms with Crippen LogP contribution in [-0.2, 0) is 9.59 Å². The van der Waals surface area contributed by atoms with Crippen molar-refractivity contribution < 1.29 is 9.59 Å². The van der Waals surface area contributed by atoms with Crippen molar-refractivity contribution in [3.05, 3.63) is 24.3 Å². The van der Waals surface area contributed by atoms with Gasteiger partial charge in [-0.3, -0.25) is 9.59 Å². The van der Waals surface area contributed by atoms with Gasteiger partial charge in [-0.05, 0) is 32.1 Å². The second kappa shape index (κ2) is 6.53. The Kier molecular flexibility index (Phi) is 4.64. The predicted molar refractivity (Wildman–Crippen MR) is 92.6 cm³/mol. The number of likely N-dealkylation sites (N-methyl/N-ethyl adjacent to an activating group) is 1. The van der Waals surface area contributed by atoms with Crippen molar-refractivity contribution in [1.82, 2.24) is 9.80 Å². The summed E-state index contributed by atoms with van der Waals surface area (Å²) in [5, 5.41) is 2.56. The predicted octanol–water partition coefficient (Wildman–Crippen LogP) is 1.90. The second-order valence-corrected chi connectivity index (χ2v) is 7.85. The van der Waals surface area contributed by atoms with Crippen molar-refractivity contribution in [2.45, 2.75) is 29.5 Å². The van der Waals surface area contributed by atoms with Gasteiger partial charge in [0.05, 0.1) is 10.9 Å². The molecule has 124 valence electrons. The van der Waals surface area contributed by atoms with E-state index in [9.17, 15) is 9.59 Å². The lowest BCUT2D eigenvalue weighted by Crippen LogP contribution is -2.38. The fourth-order valence-electron chi connectivity index (χ4n) is 3.34. The summed E-state index contributed by atoms with van der Waals surface area (Å²) in [7, 11) is 4.10. The van der Waals surface area contributed by atoms with Gasteiger partial charge in [0.25, 0.3) is 0 Å². The summed E-state index contributed by atoms with van der Waals surface area (Å²) in [4.78, 5) is 29.9. The molecule has 3 rings (SSSR count). The quantitative estimate of drug-likeness (QED) is 0.918. The Morgan fingerprint density at radius 1 is 1.35 bits per heavy atom. The zero-order valence-corrected chi connectivity index (χ0v) is 14.6. The first kappa shape index (κ1) is 16.3. The molecule has 5 nitrogen and oxygen atoms in total. The smallest absolute Gasteiger partial charge is 0.238 e. The first-order chi connectivity index (χ1) is 11.0. The van der Waals surface area contributed by atoms with Crippen LogP contribution in [0.15, 0.2) is 29.2 Å². The number of carbonyl (C=O) groups excluding carboxylic acids is 2. The van der Waals surface area contributed by atoms with Crippen LogP contribution in [0.1, 0.15) is 13.3 Å². The Bertz CT molecular complexity index is 620. The number of carbonyl (C=O) groups is 2. The third-order valence-corrected chi connectivity index (χ3v) is 5.93. The Morgan fingerprint density at radius 2 is 2.09 bits per heavy atom. The number of thioether (sulfide) groups is 1. The first-order valence-electron chi connectivity index (χ1n) is 7.96. The largest absolute Gasteiger partial charge is 0.341 e. The van der Waals surface area contributed by atoms with Crippen molar-refractivity contribution in [3.63, 3.8) is 0 Å². The van der Waals surface area contributed by atoms with Crippen LogP contribution in [0, 0.1) is 5.92 Å². The summed E-state index contributed by atoms with van der Waals surface area (Å²) in [6.07, 6.45) is 0.262. The molecule has 0 aromatic heterocycles. The number of nitrogens with zero attached hydrogens (tertiary/aromatic N) is 2. The molecule has 0 bridgehead atoms. The number of likely N-dealkylation sites (tertiary alicyclic amines) is 1. The Balaban J connectivity index is 1.64. The third kappa shape index (κ3) is 3.38. The molecule has 1 aromatic carbocycles. The fourth-order valence-corrected chi connectivity index (χ4v) is 4.44. The molecule has 6 heteroatoms. The van der Waals surface area contributed by atoms with Gasteiger partial charge in [0.2, 0.25) is 11.8 Å². The van der Waals surface area contributed by atoms with E-state index in [1.165, 1.54) is 11.8 Å². The van der Waals surface area contributed by atoms with Crippen LogP contribution in [0.4, 0.5) is 5.69 Å². The van der Waals surface area contributed by atoms with Gasteiger partial charge in [-0.1, -0.05) is 19.1 Å². The normalized spacial score (nSPS) is 27.0. The van der Waals surface area contributed by atoms with Gasteiger partial charge in [0.1, 0.15) is 0 Å². The minimum atomic E-state index is -0.342.